The van der Waals surface area contributed by atoms with Gasteiger partial charge < -0.3 is 9.94 Å². The van der Waals surface area contributed by atoms with Crippen molar-refractivity contribution < 1.29 is 9.94 Å². The quantitative estimate of drug-likeness (QED) is 0.570. The summed E-state index contributed by atoms with van der Waals surface area (Å²) in [5, 5.41) is 12.2. The largest absolute Gasteiger partial charge is 0.495 e. The van der Waals surface area contributed by atoms with Gasteiger partial charge in [-0.2, -0.15) is 0 Å². The van der Waals surface area contributed by atoms with Gasteiger partial charge in [0.15, 0.2) is 0 Å². The molecule has 0 heterocycles. The molecule has 16 heavy (non-hydrogen) atoms. The highest BCUT2D eigenvalue weighted by Crippen LogP contribution is 2.25. The molecule has 0 saturated heterocycles. The van der Waals surface area contributed by atoms with Gasteiger partial charge >= 0.3 is 0 Å². The fraction of sp³-hybridized carbons (Fsp3) is 0.769. The van der Waals surface area contributed by atoms with Crippen LogP contribution in [0.1, 0.15) is 59.3 Å². The summed E-state index contributed by atoms with van der Waals surface area (Å²) in [6.45, 7) is 6.28. The van der Waals surface area contributed by atoms with Crippen molar-refractivity contribution in [1.29, 1.82) is 0 Å². The minimum absolute atomic E-state index is 0.267. The van der Waals surface area contributed by atoms with Crippen LogP contribution in [-0.2, 0) is 4.74 Å². The minimum Gasteiger partial charge on any atom is -0.495 e. The van der Waals surface area contributed by atoms with E-state index in [9.17, 15) is 0 Å². The SMILES string of the molecule is CCCCC(C)OC1=C(C)C(=NO)CCC1. The van der Waals surface area contributed by atoms with Gasteiger partial charge in [-0.1, -0.05) is 24.9 Å². The van der Waals surface area contributed by atoms with E-state index in [2.05, 4.69) is 19.0 Å². The van der Waals surface area contributed by atoms with Crippen molar-refractivity contribution in [3.05, 3.63) is 11.3 Å². The molecule has 0 aliphatic heterocycles. The highest BCUT2D eigenvalue weighted by atomic mass is 16.5. The van der Waals surface area contributed by atoms with Gasteiger partial charge in [0.2, 0.25) is 0 Å². The molecule has 3 nitrogen and oxygen atoms in total. The first-order valence-corrected chi connectivity index (χ1v) is 6.26. The zero-order valence-electron chi connectivity index (χ0n) is 10.6. The van der Waals surface area contributed by atoms with Crippen LogP contribution in [0.25, 0.3) is 0 Å². The summed E-state index contributed by atoms with van der Waals surface area (Å²) in [5.74, 6) is 1.02. The van der Waals surface area contributed by atoms with Crippen LogP contribution in [-0.4, -0.2) is 17.0 Å². The molecule has 1 rings (SSSR count). The third-order valence-electron chi connectivity index (χ3n) is 3.10. The molecule has 0 radical (unpaired) electrons. The van der Waals surface area contributed by atoms with E-state index in [1.54, 1.807) is 0 Å². The molecule has 0 spiro atoms. The fourth-order valence-electron chi connectivity index (χ4n) is 2.02. The number of hydrogen-bond donors (Lipinski definition) is 1. The maximum absolute atomic E-state index is 8.85. The Hall–Kier alpha value is -0.990. The van der Waals surface area contributed by atoms with Gasteiger partial charge in [-0.05, 0) is 33.1 Å². The Bertz CT molecular complexity index is 282. The van der Waals surface area contributed by atoms with E-state index < -0.39 is 0 Å². The van der Waals surface area contributed by atoms with Crippen molar-refractivity contribution >= 4 is 5.71 Å². The number of unbranched alkanes of at least 4 members (excludes halogenated alkanes) is 1. The van der Waals surface area contributed by atoms with Crippen LogP contribution in [0.3, 0.4) is 0 Å². The van der Waals surface area contributed by atoms with Crippen molar-refractivity contribution in [2.45, 2.75) is 65.4 Å². The monoisotopic (exact) mass is 225 g/mol. The van der Waals surface area contributed by atoms with Gasteiger partial charge in [0.25, 0.3) is 0 Å². The Morgan fingerprint density at radius 2 is 2.19 bits per heavy atom. The standard InChI is InChI=1S/C13H23NO2/c1-4-5-7-10(2)16-13-9-6-8-12(14-15)11(13)3/h10,15H,4-9H2,1-3H3. The summed E-state index contributed by atoms with van der Waals surface area (Å²) in [7, 11) is 0. The first-order valence-electron chi connectivity index (χ1n) is 6.26. The molecule has 1 N–H and O–H groups in total. The lowest BCUT2D eigenvalue weighted by Gasteiger charge is -2.23. The average Bonchev–Trinajstić information content (AvgIpc) is 2.29. The number of allylic oxidation sites excluding steroid dienone is 2. The Morgan fingerprint density at radius 1 is 1.44 bits per heavy atom. The average molecular weight is 225 g/mol. The molecule has 0 aromatic carbocycles. The normalized spacial score (nSPS) is 21.3. The van der Waals surface area contributed by atoms with E-state index in [0.717, 1.165) is 42.7 Å². The van der Waals surface area contributed by atoms with Crippen molar-refractivity contribution in [3.8, 4) is 0 Å². The Balaban J connectivity index is 2.58. The number of oxime groups is 1. The molecule has 1 atom stereocenters. The van der Waals surface area contributed by atoms with Gasteiger partial charge in [-0.25, -0.2) is 0 Å². The topological polar surface area (TPSA) is 41.8 Å². The zero-order chi connectivity index (χ0) is 12.0. The third kappa shape index (κ3) is 3.54. The highest BCUT2D eigenvalue weighted by molar-refractivity contribution is 6.00. The Labute approximate surface area is 98.2 Å². The fourth-order valence-corrected chi connectivity index (χ4v) is 2.02. The van der Waals surface area contributed by atoms with E-state index in [1.807, 2.05) is 6.92 Å². The predicted molar refractivity (Wildman–Crippen MR) is 65.8 cm³/mol. The second-order valence-corrected chi connectivity index (χ2v) is 4.52. The summed E-state index contributed by atoms with van der Waals surface area (Å²) >= 11 is 0. The molecule has 0 amide bonds. The molecule has 1 unspecified atom stereocenters. The molecular formula is C13H23NO2. The first kappa shape index (κ1) is 13.1. The van der Waals surface area contributed by atoms with Gasteiger partial charge in [0.05, 0.1) is 11.8 Å². The van der Waals surface area contributed by atoms with Crippen molar-refractivity contribution in [3.63, 3.8) is 0 Å². The van der Waals surface area contributed by atoms with E-state index >= 15 is 0 Å². The van der Waals surface area contributed by atoms with Crippen molar-refractivity contribution in [2.24, 2.45) is 5.16 Å². The van der Waals surface area contributed by atoms with E-state index in [-0.39, 0.29) is 6.10 Å². The van der Waals surface area contributed by atoms with Gasteiger partial charge in [-0.3, -0.25) is 0 Å². The number of rotatable bonds is 5. The lowest BCUT2D eigenvalue weighted by Crippen LogP contribution is -2.16. The second-order valence-electron chi connectivity index (χ2n) is 4.52. The molecule has 0 bridgehead atoms. The Kier molecular flexibility index (Phi) is 5.36. The first-order chi connectivity index (χ1) is 7.69. The number of ether oxygens (including phenoxy) is 1. The lowest BCUT2D eigenvalue weighted by atomic mass is 9.96. The van der Waals surface area contributed by atoms with Crippen LogP contribution >= 0.6 is 0 Å². The number of nitrogens with zero attached hydrogens (tertiary/aromatic N) is 1. The smallest absolute Gasteiger partial charge is 0.101 e. The molecule has 92 valence electrons. The van der Waals surface area contributed by atoms with Crippen LogP contribution in [0.5, 0.6) is 0 Å². The van der Waals surface area contributed by atoms with Crippen molar-refractivity contribution in [2.75, 3.05) is 0 Å². The third-order valence-corrected chi connectivity index (χ3v) is 3.10. The molecular weight excluding hydrogens is 202 g/mol. The van der Waals surface area contributed by atoms with E-state index in [0.29, 0.717) is 0 Å². The maximum Gasteiger partial charge on any atom is 0.101 e. The molecule has 0 aromatic rings. The maximum atomic E-state index is 8.85. The van der Waals surface area contributed by atoms with Crippen LogP contribution in [0.2, 0.25) is 0 Å². The van der Waals surface area contributed by atoms with Crippen LogP contribution in [0, 0.1) is 0 Å². The van der Waals surface area contributed by atoms with Crippen LogP contribution in [0.15, 0.2) is 16.5 Å². The molecule has 0 fully saturated rings. The van der Waals surface area contributed by atoms with Crippen molar-refractivity contribution in [1.82, 2.24) is 0 Å². The van der Waals surface area contributed by atoms with E-state index in [1.165, 1.54) is 12.8 Å². The molecule has 3 heteroatoms. The summed E-state index contributed by atoms with van der Waals surface area (Å²) in [5.41, 5.74) is 1.81. The lowest BCUT2D eigenvalue weighted by molar-refractivity contribution is 0.111. The van der Waals surface area contributed by atoms with Crippen LogP contribution < -0.4 is 0 Å². The molecule has 0 saturated carbocycles. The Morgan fingerprint density at radius 3 is 2.81 bits per heavy atom. The van der Waals surface area contributed by atoms with Gasteiger partial charge in [0, 0.05) is 12.0 Å². The van der Waals surface area contributed by atoms with Gasteiger partial charge in [-0.15, -0.1) is 0 Å². The summed E-state index contributed by atoms with van der Waals surface area (Å²) < 4.78 is 5.93. The molecule has 1 aliphatic rings. The number of hydrogen-bond acceptors (Lipinski definition) is 3. The zero-order valence-corrected chi connectivity index (χ0v) is 10.6. The summed E-state index contributed by atoms with van der Waals surface area (Å²) in [6.07, 6.45) is 6.62. The summed E-state index contributed by atoms with van der Waals surface area (Å²) in [6, 6.07) is 0. The molecule has 0 aromatic heterocycles. The highest BCUT2D eigenvalue weighted by Gasteiger charge is 2.18. The second kappa shape index (κ2) is 6.56. The molecule has 1 aliphatic carbocycles. The predicted octanol–water partition coefficient (Wildman–Crippen LogP) is 3.87. The van der Waals surface area contributed by atoms with Crippen LogP contribution in [0.4, 0.5) is 0 Å². The minimum atomic E-state index is 0.267. The van der Waals surface area contributed by atoms with E-state index in [4.69, 9.17) is 9.94 Å². The summed E-state index contributed by atoms with van der Waals surface area (Å²) in [4.78, 5) is 0. The van der Waals surface area contributed by atoms with Gasteiger partial charge in [0.1, 0.15) is 5.76 Å².